The number of aromatic amines is 1. The second-order valence-electron chi connectivity index (χ2n) is 5.67. The lowest BCUT2D eigenvalue weighted by molar-refractivity contribution is -0.137. The van der Waals surface area contributed by atoms with Gasteiger partial charge >= 0.3 is 6.18 Å². The largest absolute Gasteiger partial charge is 0.416 e. The van der Waals surface area contributed by atoms with Crippen molar-refractivity contribution < 1.29 is 18.0 Å². The molecule has 0 saturated carbocycles. The van der Waals surface area contributed by atoms with Crippen molar-refractivity contribution in [2.45, 2.75) is 37.5 Å². The highest BCUT2D eigenvalue weighted by Crippen LogP contribution is 2.33. The number of halogens is 4. The summed E-state index contributed by atoms with van der Waals surface area (Å²) in [6, 6.07) is 4.09. The Labute approximate surface area is 162 Å². The Morgan fingerprint density at radius 3 is 2.74 bits per heavy atom. The zero-order valence-corrected chi connectivity index (χ0v) is 15.9. The van der Waals surface area contributed by atoms with E-state index >= 15 is 0 Å². The molecule has 1 amide bonds. The number of aromatic nitrogens is 2. The zero-order chi connectivity index (χ0) is 20.0. The molecule has 1 aromatic carbocycles. The molecule has 0 saturated heterocycles. The summed E-state index contributed by atoms with van der Waals surface area (Å²) in [4.78, 5) is 30.5. The first-order valence-electron chi connectivity index (χ1n) is 8.08. The molecule has 1 aromatic heterocycles. The molecule has 0 spiro atoms. The first-order valence-corrected chi connectivity index (χ1v) is 9.45. The number of H-pyrrole nitrogens is 1. The predicted octanol–water partition coefficient (Wildman–Crippen LogP) is 4.52. The highest BCUT2D eigenvalue weighted by molar-refractivity contribution is 7.99. The highest BCUT2D eigenvalue weighted by atomic mass is 35.5. The van der Waals surface area contributed by atoms with Crippen LogP contribution < -0.4 is 10.9 Å². The molecule has 0 radical (unpaired) electrons. The van der Waals surface area contributed by atoms with Gasteiger partial charge in [0.15, 0.2) is 5.16 Å². The Bertz CT molecular complexity index is 871. The van der Waals surface area contributed by atoms with E-state index < -0.39 is 17.6 Å². The summed E-state index contributed by atoms with van der Waals surface area (Å²) in [5, 5.41) is 2.62. The SMILES string of the molecule is CCCCc1cc(=O)[nH]c(SCC(=O)Nc2cc(C(F)(F)F)ccc2Cl)n1. The van der Waals surface area contributed by atoms with Gasteiger partial charge in [0.2, 0.25) is 5.91 Å². The van der Waals surface area contributed by atoms with Crippen LogP contribution in [0.1, 0.15) is 31.0 Å². The molecule has 146 valence electrons. The molecule has 0 aliphatic carbocycles. The molecule has 0 bridgehead atoms. The van der Waals surface area contributed by atoms with Crippen molar-refractivity contribution in [3.8, 4) is 0 Å². The second-order valence-corrected chi connectivity index (χ2v) is 7.05. The number of amides is 1. The van der Waals surface area contributed by atoms with Crippen molar-refractivity contribution in [2.75, 3.05) is 11.1 Å². The van der Waals surface area contributed by atoms with Crippen LogP contribution in [-0.2, 0) is 17.4 Å². The van der Waals surface area contributed by atoms with E-state index in [-0.39, 0.29) is 27.2 Å². The van der Waals surface area contributed by atoms with Crippen LogP contribution in [-0.4, -0.2) is 21.6 Å². The van der Waals surface area contributed by atoms with Gasteiger partial charge in [-0.3, -0.25) is 9.59 Å². The van der Waals surface area contributed by atoms with Crippen molar-refractivity contribution >= 4 is 35.0 Å². The summed E-state index contributed by atoms with van der Waals surface area (Å²) >= 11 is 6.83. The normalized spacial score (nSPS) is 11.4. The van der Waals surface area contributed by atoms with Gasteiger partial charge < -0.3 is 10.3 Å². The van der Waals surface area contributed by atoms with E-state index in [2.05, 4.69) is 15.3 Å². The maximum absolute atomic E-state index is 12.8. The van der Waals surface area contributed by atoms with Crippen LogP contribution in [0, 0.1) is 0 Å². The number of carbonyl (C=O) groups excluding carboxylic acids is 1. The van der Waals surface area contributed by atoms with E-state index in [0.717, 1.165) is 42.8 Å². The first kappa shape index (κ1) is 21.3. The van der Waals surface area contributed by atoms with Gasteiger partial charge in [-0.1, -0.05) is 36.7 Å². The Kier molecular flexibility index (Phi) is 7.32. The molecule has 10 heteroatoms. The van der Waals surface area contributed by atoms with Crippen molar-refractivity contribution in [2.24, 2.45) is 0 Å². The Balaban J connectivity index is 2.03. The third kappa shape index (κ3) is 6.59. The van der Waals surface area contributed by atoms with Gasteiger partial charge in [0.1, 0.15) is 0 Å². The van der Waals surface area contributed by atoms with Gasteiger partial charge in [0.05, 0.1) is 22.0 Å². The van der Waals surface area contributed by atoms with Crippen molar-refractivity contribution in [3.05, 3.63) is 50.9 Å². The van der Waals surface area contributed by atoms with Crippen LogP contribution in [0.4, 0.5) is 18.9 Å². The summed E-state index contributed by atoms with van der Waals surface area (Å²) in [6.45, 7) is 2.02. The number of hydrogen-bond donors (Lipinski definition) is 2. The average molecular weight is 420 g/mol. The number of unbranched alkanes of at least 4 members (excludes halogenated alkanes) is 1. The van der Waals surface area contributed by atoms with Gasteiger partial charge in [-0.25, -0.2) is 4.98 Å². The van der Waals surface area contributed by atoms with E-state index in [1.54, 1.807) is 0 Å². The number of nitrogens with one attached hydrogen (secondary N) is 2. The predicted molar refractivity (Wildman–Crippen MR) is 99.3 cm³/mol. The van der Waals surface area contributed by atoms with E-state index in [4.69, 9.17) is 11.6 Å². The first-order chi connectivity index (χ1) is 12.7. The molecule has 0 unspecified atom stereocenters. The van der Waals surface area contributed by atoms with Crippen LogP contribution in [0.25, 0.3) is 0 Å². The zero-order valence-electron chi connectivity index (χ0n) is 14.3. The molecular weight excluding hydrogens is 403 g/mol. The Hall–Kier alpha value is -2.00. The molecule has 2 rings (SSSR count). The number of aryl methyl sites for hydroxylation is 1. The monoisotopic (exact) mass is 419 g/mol. The smallest absolute Gasteiger partial charge is 0.324 e. The Morgan fingerprint density at radius 2 is 2.07 bits per heavy atom. The molecule has 0 aliphatic rings. The number of nitrogens with zero attached hydrogens (tertiary/aromatic N) is 1. The van der Waals surface area contributed by atoms with Gasteiger partial charge in [-0.15, -0.1) is 0 Å². The van der Waals surface area contributed by atoms with Crippen LogP contribution in [0.2, 0.25) is 5.02 Å². The average Bonchev–Trinajstić information content (AvgIpc) is 2.58. The topological polar surface area (TPSA) is 74.8 Å². The summed E-state index contributed by atoms with van der Waals surface area (Å²) in [7, 11) is 0. The highest BCUT2D eigenvalue weighted by Gasteiger charge is 2.31. The van der Waals surface area contributed by atoms with Crippen molar-refractivity contribution in [1.82, 2.24) is 9.97 Å². The number of thioether (sulfide) groups is 1. The second kappa shape index (κ2) is 9.27. The lowest BCUT2D eigenvalue weighted by Gasteiger charge is -2.11. The fourth-order valence-electron chi connectivity index (χ4n) is 2.16. The number of carbonyl (C=O) groups is 1. The minimum atomic E-state index is -4.54. The molecule has 5 nitrogen and oxygen atoms in total. The van der Waals surface area contributed by atoms with Gasteiger partial charge in [-0.2, -0.15) is 13.2 Å². The summed E-state index contributed by atoms with van der Waals surface area (Å²) < 4.78 is 38.3. The fourth-order valence-corrected chi connectivity index (χ4v) is 3.01. The van der Waals surface area contributed by atoms with Crippen molar-refractivity contribution in [1.29, 1.82) is 0 Å². The van der Waals surface area contributed by atoms with Crippen LogP contribution in [0.3, 0.4) is 0 Å². The summed E-state index contributed by atoms with van der Waals surface area (Å²) in [6.07, 6.45) is -2.05. The van der Waals surface area contributed by atoms with E-state index in [9.17, 15) is 22.8 Å². The number of alkyl halides is 3. The molecular formula is C17H17ClF3N3O2S. The van der Waals surface area contributed by atoms with Crippen molar-refractivity contribution in [3.63, 3.8) is 0 Å². The lowest BCUT2D eigenvalue weighted by atomic mass is 10.2. The number of hydrogen-bond acceptors (Lipinski definition) is 4. The number of rotatable bonds is 7. The van der Waals surface area contributed by atoms with E-state index in [0.29, 0.717) is 12.1 Å². The minimum Gasteiger partial charge on any atom is -0.324 e. The molecule has 0 aliphatic heterocycles. The molecule has 27 heavy (non-hydrogen) atoms. The van der Waals surface area contributed by atoms with Crippen LogP contribution in [0.15, 0.2) is 34.2 Å². The minimum absolute atomic E-state index is 0.00514. The quantitative estimate of drug-likeness (QED) is 0.511. The molecule has 0 fully saturated rings. The third-order valence-corrected chi connectivity index (χ3v) is 4.67. The van der Waals surface area contributed by atoms with Gasteiger partial charge in [0.25, 0.3) is 5.56 Å². The Morgan fingerprint density at radius 1 is 1.33 bits per heavy atom. The van der Waals surface area contributed by atoms with Crippen LogP contribution >= 0.6 is 23.4 Å². The number of anilines is 1. The molecule has 2 N–H and O–H groups in total. The van der Waals surface area contributed by atoms with Gasteiger partial charge in [0, 0.05) is 11.8 Å². The fraction of sp³-hybridized carbons (Fsp3) is 0.353. The standard InChI is InChI=1S/C17H17ClF3N3O2S/c1-2-3-4-11-8-14(25)24-16(22-11)27-9-15(26)23-13-7-10(17(19,20)21)5-6-12(13)18/h5-8H,2-4,9H2,1H3,(H,23,26)(H,22,24,25). The maximum Gasteiger partial charge on any atom is 0.416 e. The number of benzene rings is 1. The van der Waals surface area contributed by atoms with Gasteiger partial charge in [-0.05, 0) is 31.0 Å². The third-order valence-electron chi connectivity index (χ3n) is 3.47. The van der Waals surface area contributed by atoms with Crippen LogP contribution in [0.5, 0.6) is 0 Å². The maximum atomic E-state index is 12.8. The van der Waals surface area contributed by atoms with E-state index in [1.807, 2.05) is 6.92 Å². The molecule has 1 heterocycles. The molecule has 0 atom stereocenters. The summed E-state index contributed by atoms with van der Waals surface area (Å²) in [5.41, 5.74) is -0.732. The van der Waals surface area contributed by atoms with E-state index in [1.165, 1.54) is 6.07 Å². The lowest BCUT2D eigenvalue weighted by Crippen LogP contribution is -2.17. The molecule has 2 aromatic rings. The summed E-state index contributed by atoms with van der Waals surface area (Å²) in [5.74, 6) is -0.713.